The van der Waals surface area contributed by atoms with Crippen LogP contribution in [-0.4, -0.2) is 80.2 Å². The largest absolute Gasteiger partial charge is 0.789 e. The highest BCUT2D eigenvalue weighted by molar-refractivity contribution is 7.75. The molecule has 0 aromatic rings. The van der Waals surface area contributed by atoms with Crippen LogP contribution in [0.25, 0.3) is 0 Å². The molecule has 0 aliphatic carbocycles. The second-order valence-electron chi connectivity index (χ2n) is 3.81. The van der Waals surface area contributed by atoms with Crippen molar-refractivity contribution >= 4 is 38.9 Å². The quantitative estimate of drug-likeness (QED) is 0.212. The van der Waals surface area contributed by atoms with Gasteiger partial charge >= 0.3 is 19.3 Å². The Hall–Kier alpha value is -1.43. The van der Waals surface area contributed by atoms with Crippen LogP contribution in [0.1, 0.15) is 0 Å². The number of hydrogen-bond donors (Lipinski definition) is 5. The maximum atomic E-state index is 10.6. The molecule has 2 heterocycles. The van der Waals surface area contributed by atoms with Gasteiger partial charge < -0.3 is 34.8 Å². The molecule has 0 saturated carbocycles. The monoisotopic (exact) mass is 324 g/mol. The van der Waals surface area contributed by atoms with Crippen LogP contribution in [0.15, 0.2) is 0 Å². The third-order valence-electron chi connectivity index (χ3n) is 2.30. The van der Waals surface area contributed by atoms with E-state index < -0.39 is 63.3 Å². The molecule has 5 N–H and O–H groups in total. The lowest BCUT2D eigenvalue weighted by atomic mass is 10.2. The Labute approximate surface area is 118 Å². The van der Waals surface area contributed by atoms with Gasteiger partial charge in [0.1, 0.15) is 12.2 Å². The zero-order valence-electron chi connectivity index (χ0n) is 10.1. The smallest absolute Gasteiger partial charge is 0.472 e. The Morgan fingerprint density at radius 3 is 1.33 bits per heavy atom. The third kappa shape index (κ3) is 4.27. The summed E-state index contributed by atoms with van der Waals surface area (Å²) in [6.45, 7) is 0. The number of aliphatic hydroxyl groups is 4. The zero-order chi connectivity index (χ0) is 16.3. The predicted molar refractivity (Wildman–Crippen MR) is 62.5 cm³/mol. The lowest BCUT2D eigenvalue weighted by Gasteiger charge is -2.07. The molecule has 0 aromatic carbocycles. The van der Waals surface area contributed by atoms with E-state index in [9.17, 15) is 19.2 Å². The Morgan fingerprint density at radius 1 is 0.762 bits per heavy atom. The van der Waals surface area contributed by atoms with E-state index in [-0.39, 0.29) is 0 Å². The first-order valence-corrected chi connectivity index (χ1v) is 6.31. The molecule has 0 bridgehead atoms. The van der Waals surface area contributed by atoms with Crippen molar-refractivity contribution in [2.45, 2.75) is 24.4 Å². The fourth-order valence-electron chi connectivity index (χ4n) is 1.18. The Morgan fingerprint density at radius 2 is 1.10 bits per heavy atom. The third-order valence-corrected chi connectivity index (χ3v) is 3.38. The van der Waals surface area contributed by atoms with E-state index in [1.807, 2.05) is 0 Å². The van der Waals surface area contributed by atoms with E-state index in [0.717, 1.165) is 0 Å². The molecule has 13 heteroatoms. The van der Waals surface area contributed by atoms with Gasteiger partial charge in [-0.1, -0.05) is 0 Å². The first-order valence-electron chi connectivity index (χ1n) is 5.31. The van der Waals surface area contributed by atoms with Crippen molar-refractivity contribution in [2.75, 3.05) is 0 Å². The van der Waals surface area contributed by atoms with Crippen molar-refractivity contribution in [3.8, 4) is 0 Å². The van der Waals surface area contributed by atoms with Crippen molar-refractivity contribution in [3.05, 3.63) is 0 Å². The van der Waals surface area contributed by atoms with E-state index in [0.29, 0.717) is 0 Å². The molecule has 0 aromatic heterocycles. The molecule has 0 radical (unpaired) electrons. The number of carbonyl (C=O) groups is 4. The lowest BCUT2D eigenvalue weighted by Crippen LogP contribution is -2.38. The molecule has 11 nitrogen and oxygen atoms in total. The van der Waals surface area contributed by atoms with Crippen molar-refractivity contribution in [1.29, 1.82) is 0 Å². The summed E-state index contributed by atoms with van der Waals surface area (Å²) in [5.74, 6) is -2.64. The van der Waals surface area contributed by atoms with Gasteiger partial charge in [-0.15, -0.1) is 0 Å². The molecule has 2 saturated heterocycles. The van der Waals surface area contributed by atoms with E-state index in [2.05, 4.69) is 9.31 Å². The van der Waals surface area contributed by atoms with Crippen LogP contribution < -0.4 is 0 Å². The highest BCUT2D eigenvalue weighted by Gasteiger charge is 2.43. The van der Waals surface area contributed by atoms with Crippen LogP contribution >= 0.6 is 8.58 Å². The zero-order valence-corrected chi connectivity index (χ0v) is 11.1. The van der Waals surface area contributed by atoms with Gasteiger partial charge in [0.15, 0.2) is 23.3 Å². The van der Waals surface area contributed by atoms with E-state index in [1.54, 1.807) is 0 Å². The minimum Gasteiger partial charge on any atom is -0.472 e. The molecule has 0 amide bonds. The highest BCUT2D eigenvalue weighted by atomic mass is 31.1. The molecule has 2 aliphatic heterocycles. The molecule has 116 valence electrons. The number of hydrogen-bond acceptors (Lipinski definition) is 11. The fourth-order valence-corrected chi connectivity index (χ4v) is 2.03. The summed E-state index contributed by atoms with van der Waals surface area (Å²) in [6, 6.07) is 0. The van der Waals surface area contributed by atoms with Crippen LogP contribution in [0.3, 0.4) is 0 Å². The normalized spacial score (nSPS) is 34.0. The maximum Gasteiger partial charge on any atom is 0.789 e. The van der Waals surface area contributed by atoms with Gasteiger partial charge in [-0.3, -0.25) is 19.2 Å². The lowest BCUT2D eigenvalue weighted by molar-refractivity contribution is -0.156. The molecule has 2 rings (SSSR count). The summed E-state index contributed by atoms with van der Waals surface area (Å²) in [4.78, 5) is 41.9. The van der Waals surface area contributed by atoms with Crippen molar-refractivity contribution in [1.82, 2.24) is 0 Å². The van der Waals surface area contributed by atoms with Gasteiger partial charge in [-0.2, -0.15) is 0 Å². The second kappa shape index (κ2) is 7.03. The van der Waals surface area contributed by atoms with Crippen molar-refractivity contribution < 1.29 is 53.9 Å². The molecular formula is C8H10BO11P. The van der Waals surface area contributed by atoms with Gasteiger partial charge in [0.2, 0.25) is 0 Å². The molecule has 2 fully saturated rings. The summed E-state index contributed by atoms with van der Waals surface area (Å²) in [6.07, 6.45) is -6.96. The molecular weight excluding hydrogens is 314 g/mol. The van der Waals surface area contributed by atoms with Crippen LogP contribution in [0.5, 0.6) is 0 Å². The van der Waals surface area contributed by atoms with Crippen molar-refractivity contribution in [3.63, 3.8) is 0 Å². The van der Waals surface area contributed by atoms with Crippen LogP contribution in [0, 0.1) is 0 Å². The van der Waals surface area contributed by atoms with Crippen LogP contribution in [0.4, 0.5) is 0 Å². The minimum absolute atomic E-state index is 0.561. The highest BCUT2D eigenvalue weighted by Crippen LogP contribution is 2.27. The molecule has 4 atom stereocenters. The Kier molecular flexibility index (Phi) is 5.90. The minimum atomic E-state index is -2.07. The second-order valence-corrected chi connectivity index (χ2v) is 5.05. The summed E-state index contributed by atoms with van der Waals surface area (Å²) in [7, 11) is -2.63. The van der Waals surface area contributed by atoms with Crippen molar-refractivity contribution in [2.24, 2.45) is 0 Å². The first-order chi connectivity index (χ1) is 9.65. The van der Waals surface area contributed by atoms with E-state index in [4.69, 9.17) is 25.5 Å². The van der Waals surface area contributed by atoms with E-state index >= 15 is 0 Å². The van der Waals surface area contributed by atoms with Gasteiger partial charge in [0.05, 0.1) is 0 Å². The predicted octanol–water partition coefficient (Wildman–Crippen LogP) is -4.76. The van der Waals surface area contributed by atoms with Gasteiger partial charge in [0.25, 0.3) is 0 Å². The summed E-state index contributed by atoms with van der Waals surface area (Å²) < 4.78 is 7.86. The summed E-state index contributed by atoms with van der Waals surface area (Å²) in [5.41, 5.74) is -1.12. The van der Waals surface area contributed by atoms with Crippen LogP contribution in [0.2, 0.25) is 0 Å². The fraction of sp³-hybridized carbons (Fsp3) is 0.500. The Bertz CT molecular complexity index is 427. The summed E-state index contributed by atoms with van der Waals surface area (Å²) in [5, 5.41) is 43.4. The Balaban J connectivity index is 0.000000219. The number of aliphatic hydroxyl groups excluding tert-OH is 4. The SMILES string of the molecule is O=C1OB(O)OC(=O)C(O)C1O.O=C1PC(=O)C(O)C1O. The van der Waals surface area contributed by atoms with E-state index in [1.165, 1.54) is 0 Å². The van der Waals surface area contributed by atoms with Crippen LogP contribution in [-0.2, 0) is 28.5 Å². The number of carbonyl (C=O) groups excluding carboxylic acids is 4. The van der Waals surface area contributed by atoms with Gasteiger partial charge in [-0.05, 0) is 0 Å². The molecule has 2 aliphatic rings. The molecule has 21 heavy (non-hydrogen) atoms. The maximum absolute atomic E-state index is 10.6. The summed E-state index contributed by atoms with van der Waals surface area (Å²) >= 11 is 0. The average molecular weight is 324 g/mol. The number of rotatable bonds is 0. The molecule has 0 spiro atoms. The molecule has 4 unspecified atom stereocenters. The first kappa shape index (κ1) is 17.6. The van der Waals surface area contributed by atoms with Gasteiger partial charge in [0, 0.05) is 8.58 Å². The average Bonchev–Trinajstić information content (AvgIpc) is 2.59. The van der Waals surface area contributed by atoms with Gasteiger partial charge in [-0.25, -0.2) is 0 Å². The topological polar surface area (TPSA) is 188 Å². The standard InChI is InChI=1S/C4H5BO7.C4H5O4P/c6-1-2(7)4(9)12-5(10)11-3(1)8;5-1-2(6)4(8)9-3(1)7/h1-2,6-7,10H;1-2,5-6,9H.